The van der Waals surface area contributed by atoms with Gasteiger partial charge in [-0.15, -0.1) is 0 Å². The van der Waals surface area contributed by atoms with Gasteiger partial charge in [0.1, 0.15) is 11.9 Å². The van der Waals surface area contributed by atoms with Crippen LogP contribution in [0, 0.1) is 11.3 Å². The number of carbonyl (C=O) groups excluding carboxylic acids is 1. The van der Waals surface area contributed by atoms with Gasteiger partial charge in [-0.3, -0.25) is 4.79 Å². The number of likely N-dealkylation sites (tertiary alicyclic amines) is 1. The second-order valence-corrected chi connectivity index (χ2v) is 7.02. The first-order valence-corrected chi connectivity index (χ1v) is 8.51. The summed E-state index contributed by atoms with van der Waals surface area (Å²) in [6.45, 7) is 2.07. The number of hydrogen-bond acceptors (Lipinski definition) is 4. The molecule has 2 unspecified atom stereocenters. The largest absolute Gasteiger partial charge is 0.385 e. The summed E-state index contributed by atoms with van der Waals surface area (Å²) in [7, 11) is 3.57. The molecule has 2 atom stereocenters. The normalized spacial score (nSPS) is 24.5. The van der Waals surface area contributed by atoms with E-state index in [1.165, 1.54) is 0 Å². The molecule has 0 spiro atoms. The fourth-order valence-electron chi connectivity index (χ4n) is 3.68. The Morgan fingerprint density at radius 3 is 2.96 bits per heavy atom. The highest BCUT2D eigenvalue weighted by atomic mass is 16.5. The highest BCUT2D eigenvalue weighted by Crippen LogP contribution is 2.50. The Bertz CT molecular complexity index is 553. The van der Waals surface area contributed by atoms with Crippen LogP contribution in [-0.2, 0) is 16.6 Å². The van der Waals surface area contributed by atoms with Crippen LogP contribution in [0.15, 0.2) is 12.4 Å². The van der Waals surface area contributed by atoms with E-state index in [0.29, 0.717) is 19.0 Å². The molecule has 1 saturated heterocycles. The van der Waals surface area contributed by atoms with Crippen molar-refractivity contribution in [3.63, 3.8) is 0 Å². The van der Waals surface area contributed by atoms with E-state index >= 15 is 0 Å². The van der Waals surface area contributed by atoms with Gasteiger partial charge in [-0.05, 0) is 32.1 Å². The molecule has 0 radical (unpaired) electrons. The van der Waals surface area contributed by atoms with E-state index in [-0.39, 0.29) is 17.2 Å². The Labute approximate surface area is 137 Å². The number of aliphatic hydroxyl groups excluding tert-OH is 1. The first-order valence-electron chi connectivity index (χ1n) is 8.51. The van der Waals surface area contributed by atoms with E-state index in [2.05, 4.69) is 4.98 Å². The van der Waals surface area contributed by atoms with Gasteiger partial charge in [-0.25, -0.2) is 4.98 Å². The molecular formula is C17H27N3O3. The number of ether oxygens (including phenoxy) is 1. The molecular weight excluding hydrogens is 294 g/mol. The average Bonchev–Trinajstić information content (AvgIpc) is 3.25. The maximum atomic E-state index is 12.9. The molecule has 2 fully saturated rings. The number of carbonyl (C=O) groups is 1. The minimum atomic E-state index is -0.611. The third-order valence-corrected chi connectivity index (χ3v) is 5.41. The van der Waals surface area contributed by atoms with Gasteiger partial charge in [0.05, 0.1) is 5.41 Å². The van der Waals surface area contributed by atoms with Crippen molar-refractivity contribution in [2.75, 3.05) is 26.8 Å². The fraction of sp³-hybridized carbons (Fsp3) is 0.765. The fourth-order valence-corrected chi connectivity index (χ4v) is 3.68. The van der Waals surface area contributed by atoms with Crippen LogP contribution >= 0.6 is 0 Å². The van der Waals surface area contributed by atoms with Crippen molar-refractivity contribution in [1.29, 1.82) is 0 Å². The lowest BCUT2D eigenvalue weighted by Crippen LogP contribution is -2.45. The second-order valence-electron chi connectivity index (χ2n) is 7.02. The van der Waals surface area contributed by atoms with Crippen molar-refractivity contribution < 1.29 is 14.6 Å². The molecule has 1 amide bonds. The lowest BCUT2D eigenvalue weighted by Gasteiger charge is -2.37. The number of aromatic nitrogens is 2. The molecule has 6 nitrogen and oxygen atoms in total. The van der Waals surface area contributed by atoms with Gasteiger partial charge in [0.2, 0.25) is 5.91 Å². The number of piperidine rings is 1. The summed E-state index contributed by atoms with van der Waals surface area (Å²) in [6.07, 6.45) is 7.56. The number of aliphatic hydroxyl groups is 1. The summed E-state index contributed by atoms with van der Waals surface area (Å²) in [5.74, 6) is 1.00. The Morgan fingerprint density at radius 1 is 1.57 bits per heavy atom. The van der Waals surface area contributed by atoms with Gasteiger partial charge in [0.25, 0.3) is 0 Å². The summed E-state index contributed by atoms with van der Waals surface area (Å²) in [6, 6.07) is 0. The Morgan fingerprint density at radius 2 is 2.35 bits per heavy atom. The smallest absolute Gasteiger partial charge is 0.228 e. The molecule has 23 heavy (non-hydrogen) atoms. The van der Waals surface area contributed by atoms with Crippen LogP contribution in [0.3, 0.4) is 0 Å². The lowest BCUT2D eigenvalue weighted by molar-refractivity contribution is -0.140. The van der Waals surface area contributed by atoms with Crippen LogP contribution in [0.5, 0.6) is 0 Å². The molecule has 0 aromatic carbocycles. The molecule has 1 saturated carbocycles. The Kier molecular flexibility index (Phi) is 4.73. The van der Waals surface area contributed by atoms with Crippen molar-refractivity contribution in [1.82, 2.24) is 14.5 Å². The van der Waals surface area contributed by atoms with E-state index in [1.807, 2.05) is 22.7 Å². The number of imidazole rings is 1. The Hall–Kier alpha value is -1.40. The highest BCUT2D eigenvalue weighted by Gasteiger charge is 2.51. The van der Waals surface area contributed by atoms with Crippen LogP contribution in [0.1, 0.15) is 44.0 Å². The standard InChI is InChI=1S/C17H27N3O3/c1-19-10-8-18-15(19)14(21)13-4-3-9-20(12-13)16(22)17(5-6-17)7-11-23-2/h8,10,13-14,21H,3-7,9,11-12H2,1-2H3. The van der Waals surface area contributed by atoms with Gasteiger partial charge < -0.3 is 19.3 Å². The third kappa shape index (κ3) is 3.28. The first kappa shape index (κ1) is 16.5. The average molecular weight is 321 g/mol. The van der Waals surface area contributed by atoms with Crippen LogP contribution in [0.4, 0.5) is 0 Å². The number of rotatable bonds is 6. The number of aryl methyl sites for hydroxylation is 1. The molecule has 128 valence electrons. The zero-order chi connectivity index (χ0) is 16.4. The summed E-state index contributed by atoms with van der Waals surface area (Å²) in [5.41, 5.74) is -0.188. The van der Waals surface area contributed by atoms with Crippen LogP contribution in [0.2, 0.25) is 0 Å². The van der Waals surface area contributed by atoms with Crippen molar-refractivity contribution in [2.45, 2.75) is 38.2 Å². The van der Waals surface area contributed by atoms with Crippen molar-refractivity contribution in [3.05, 3.63) is 18.2 Å². The lowest BCUT2D eigenvalue weighted by atomic mass is 9.90. The minimum absolute atomic E-state index is 0.0621. The Balaban J connectivity index is 1.64. The number of amides is 1. The van der Waals surface area contributed by atoms with Crippen LogP contribution in [0.25, 0.3) is 0 Å². The van der Waals surface area contributed by atoms with E-state index in [1.54, 1.807) is 13.3 Å². The molecule has 1 N–H and O–H groups in total. The maximum absolute atomic E-state index is 12.9. The van der Waals surface area contributed by atoms with E-state index in [9.17, 15) is 9.90 Å². The van der Waals surface area contributed by atoms with Gasteiger partial charge in [0, 0.05) is 52.2 Å². The molecule has 0 bridgehead atoms. The number of methoxy groups -OCH3 is 1. The number of nitrogens with zero attached hydrogens (tertiary/aromatic N) is 3. The van der Waals surface area contributed by atoms with Gasteiger partial charge in [-0.2, -0.15) is 0 Å². The molecule has 1 aliphatic heterocycles. The van der Waals surface area contributed by atoms with E-state index in [4.69, 9.17) is 4.74 Å². The van der Waals surface area contributed by atoms with Gasteiger partial charge in [-0.1, -0.05) is 0 Å². The van der Waals surface area contributed by atoms with E-state index < -0.39 is 6.10 Å². The maximum Gasteiger partial charge on any atom is 0.228 e. The van der Waals surface area contributed by atoms with Gasteiger partial charge in [0.15, 0.2) is 0 Å². The molecule has 3 rings (SSSR count). The third-order valence-electron chi connectivity index (χ3n) is 5.41. The zero-order valence-electron chi connectivity index (χ0n) is 14.1. The minimum Gasteiger partial charge on any atom is -0.385 e. The quantitative estimate of drug-likeness (QED) is 0.862. The predicted molar refractivity (Wildman–Crippen MR) is 85.6 cm³/mol. The topological polar surface area (TPSA) is 67.6 Å². The summed E-state index contributed by atoms with van der Waals surface area (Å²) in [5, 5.41) is 10.6. The highest BCUT2D eigenvalue weighted by molar-refractivity contribution is 5.85. The van der Waals surface area contributed by atoms with Crippen molar-refractivity contribution in [3.8, 4) is 0 Å². The summed E-state index contributed by atoms with van der Waals surface area (Å²) >= 11 is 0. The predicted octanol–water partition coefficient (Wildman–Crippen LogP) is 1.51. The molecule has 1 aromatic rings. The van der Waals surface area contributed by atoms with Crippen LogP contribution < -0.4 is 0 Å². The van der Waals surface area contributed by atoms with Crippen molar-refractivity contribution >= 4 is 5.91 Å². The van der Waals surface area contributed by atoms with Crippen molar-refractivity contribution in [2.24, 2.45) is 18.4 Å². The second kappa shape index (κ2) is 6.61. The summed E-state index contributed by atoms with van der Waals surface area (Å²) < 4.78 is 7.01. The molecule has 6 heteroatoms. The first-order chi connectivity index (χ1) is 11.1. The zero-order valence-corrected chi connectivity index (χ0v) is 14.1. The molecule has 2 heterocycles. The summed E-state index contributed by atoms with van der Waals surface area (Å²) in [4.78, 5) is 19.1. The molecule has 1 aromatic heterocycles. The molecule has 1 aliphatic carbocycles. The van der Waals surface area contributed by atoms with Gasteiger partial charge >= 0.3 is 0 Å². The van der Waals surface area contributed by atoms with E-state index in [0.717, 1.165) is 38.6 Å². The SMILES string of the molecule is COCCC1(C(=O)N2CCCC(C(O)c3nccn3C)C2)CC1. The number of hydrogen-bond donors (Lipinski definition) is 1. The molecule has 2 aliphatic rings. The van der Waals surface area contributed by atoms with Crippen LogP contribution in [-0.4, -0.2) is 52.3 Å². The monoisotopic (exact) mass is 321 g/mol.